The van der Waals surface area contributed by atoms with Crippen LogP contribution in [0.3, 0.4) is 0 Å². The molecule has 1 N–H and O–H groups in total. The third-order valence-electron chi connectivity index (χ3n) is 3.44. The molecular weight excluding hydrogens is 232 g/mol. The van der Waals surface area contributed by atoms with Gasteiger partial charge < -0.3 is 5.32 Å². The first-order valence-electron chi connectivity index (χ1n) is 6.89. The van der Waals surface area contributed by atoms with Crippen molar-refractivity contribution in [2.24, 2.45) is 0 Å². The van der Waals surface area contributed by atoms with Crippen LogP contribution in [0.25, 0.3) is 0 Å². The Kier molecular flexibility index (Phi) is 4.69. The van der Waals surface area contributed by atoms with E-state index >= 15 is 0 Å². The third kappa shape index (κ3) is 3.90. The molecule has 0 unspecified atom stereocenters. The molecule has 0 bridgehead atoms. The van der Waals surface area contributed by atoms with Crippen LogP contribution in [0, 0.1) is 0 Å². The van der Waals surface area contributed by atoms with Crippen molar-refractivity contribution in [2.45, 2.75) is 39.3 Å². The maximum absolute atomic E-state index is 4.15. The van der Waals surface area contributed by atoms with Crippen molar-refractivity contribution in [1.82, 2.24) is 10.3 Å². The maximum Gasteiger partial charge on any atom is 0.0315 e. The zero-order valence-corrected chi connectivity index (χ0v) is 11.9. The van der Waals surface area contributed by atoms with E-state index < -0.39 is 0 Å². The molecule has 0 saturated carbocycles. The highest BCUT2D eigenvalue weighted by atomic mass is 14.9. The normalized spacial score (nSPS) is 12.6. The standard InChI is InChI=1S/C17H22N2/c1-13(2)16-8-6-15(7-9-16)11-19-14(3)17-5-4-10-18-12-17/h4-10,12-14,19H,11H2,1-3H3/t14-/m0/s1. The Labute approximate surface area is 115 Å². The average Bonchev–Trinajstić information content (AvgIpc) is 2.46. The lowest BCUT2D eigenvalue weighted by molar-refractivity contribution is 0.573. The van der Waals surface area contributed by atoms with Crippen LogP contribution in [0.2, 0.25) is 0 Å². The van der Waals surface area contributed by atoms with Gasteiger partial charge in [-0.05, 0) is 35.6 Å². The number of aromatic nitrogens is 1. The highest BCUT2D eigenvalue weighted by Gasteiger charge is 2.04. The summed E-state index contributed by atoms with van der Waals surface area (Å²) in [7, 11) is 0. The van der Waals surface area contributed by atoms with Gasteiger partial charge >= 0.3 is 0 Å². The average molecular weight is 254 g/mol. The molecule has 0 spiro atoms. The molecule has 0 aliphatic rings. The van der Waals surface area contributed by atoms with E-state index in [9.17, 15) is 0 Å². The first kappa shape index (κ1) is 13.8. The predicted molar refractivity (Wildman–Crippen MR) is 80.0 cm³/mol. The van der Waals surface area contributed by atoms with E-state index in [0.717, 1.165) is 6.54 Å². The number of pyridine rings is 1. The second-order valence-corrected chi connectivity index (χ2v) is 5.29. The predicted octanol–water partition coefficient (Wildman–Crippen LogP) is 4.06. The van der Waals surface area contributed by atoms with Gasteiger partial charge in [-0.3, -0.25) is 4.98 Å². The molecule has 2 rings (SSSR count). The highest BCUT2D eigenvalue weighted by Crippen LogP contribution is 2.15. The Morgan fingerprint density at radius 2 is 1.74 bits per heavy atom. The number of rotatable bonds is 5. The van der Waals surface area contributed by atoms with Crippen molar-refractivity contribution in [1.29, 1.82) is 0 Å². The molecule has 2 heteroatoms. The van der Waals surface area contributed by atoms with Gasteiger partial charge in [0.2, 0.25) is 0 Å². The van der Waals surface area contributed by atoms with Crippen molar-refractivity contribution in [2.75, 3.05) is 0 Å². The summed E-state index contributed by atoms with van der Waals surface area (Å²) in [6, 6.07) is 13.2. The number of nitrogens with zero attached hydrogens (tertiary/aromatic N) is 1. The van der Waals surface area contributed by atoms with Crippen LogP contribution in [0.4, 0.5) is 0 Å². The topological polar surface area (TPSA) is 24.9 Å². The monoisotopic (exact) mass is 254 g/mol. The molecule has 0 aliphatic carbocycles. The summed E-state index contributed by atoms with van der Waals surface area (Å²) in [6.45, 7) is 7.49. The number of benzene rings is 1. The second kappa shape index (κ2) is 6.48. The molecule has 1 heterocycles. The summed E-state index contributed by atoms with van der Waals surface area (Å²) in [5.41, 5.74) is 3.94. The van der Waals surface area contributed by atoms with E-state index in [4.69, 9.17) is 0 Å². The minimum atomic E-state index is 0.318. The zero-order chi connectivity index (χ0) is 13.7. The van der Waals surface area contributed by atoms with Crippen LogP contribution in [0.1, 0.15) is 49.4 Å². The Morgan fingerprint density at radius 1 is 1.00 bits per heavy atom. The lowest BCUT2D eigenvalue weighted by Crippen LogP contribution is -2.18. The fraction of sp³-hybridized carbons (Fsp3) is 0.353. The molecule has 1 atom stereocenters. The minimum absolute atomic E-state index is 0.318. The molecule has 19 heavy (non-hydrogen) atoms. The SMILES string of the molecule is CC(C)c1ccc(CN[C@@H](C)c2cccnc2)cc1. The molecule has 2 aromatic rings. The van der Waals surface area contributed by atoms with Crippen molar-refractivity contribution >= 4 is 0 Å². The van der Waals surface area contributed by atoms with Gasteiger partial charge in [-0.25, -0.2) is 0 Å². The van der Waals surface area contributed by atoms with Gasteiger partial charge in [0.15, 0.2) is 0 Å². The second-order valence-electron chi connectivity index (χ2n) is 5.29. The van der Waals surface area contributed by atoms with Crippen LogP contribution in [0.5, 0.6) is 0 Å². The highest BCUT2D eigenvalue weighted by molar-refractivity contribution is 5.24. The molecule has 100 valence electrons. The van der Waals surface area contributed by atoms with E-state index in [2.05, 4.69) is 61.4 Å². The van der Waals surface area contributed by atoms with Gasteiger partial charge in [-0.1, -0.05) is 44.2 Å². The van der Waals surface area contributed by atoms with Crippen molar-refractivity contribution in [3.05, 3.63) is 65.5 Å². The minimum Gasteiger partial charge on any atom is -0.306 e. The molecular formula is C17H22N2. The molecule has 0 amide bonds. The largest absolute Gasteiger partial charge is 0.306 e. The van der Waals surface area contributed by atoms with Gasteiger partial charge in [0, 0.05) is 25.0 Å². The van der Waals surface area contributed by atoms with E-state index in [1.165, 1.54) is 16.7 Å². The van der Waals surface area contributed by atoms with Gasteiger partial charge in [0.05, 0.1) is 0 Å². The summed E-state index contributed by atoms with van der Waals surface area (Å²) in [5.74, 6) is 0.594. The van der Waals surface area contributed by atoms with Gasteiger partial charge in [0.1, 0.15) is 0 Å². The van der Waals surface area contributed by atoms with E-state index in [1.54, 1.807) is 6.20 Å². The summed E-state index contributed by atoms with van der Waals surface area (Å²) in [5, 5.41) is 3.52. The van der Waals surface area contributed by atoms with E-state index in [1.807, 2.05) is 12.3 Å². The summed E-state index contributed by atoms with van der Waals surface area (Å²) >= 11 is 0. The Hall–Kier alpha value is -1.67. The smallest absolute Gasteiger partial charge is 0.0315 e. The Bertz CT molecular complexity index is 488. The van der Waals surface area contributed by atoms with Crippen LogP contribution in [-0.4, -0.2) is 4.98 Å². The van der Waals surface area contributed by atoms with Gasteiger partial charge in [-0.15, -0.1) is 0 Å². The van der Waals surface area contributed by atoms with Crippen LogP contribution >= 0.6 is 0 Å². The Balaban J connectivity index is 1.92. The van der Waals surface area contributed by atoms with E-state index in [-0.39, 0.29) is 0 Å². The number of hydrogen-bond acceptors (Lipinski definition) is 2. The van der Waals surface area contributed by atoms with Crippen molar-refractivity contribution in [3.63, 3.8) is 0 Å². The Morgan fingerprint density at radius 3 is 2.32 bits per heavy atom. The molecule has 1 aromatic carbocycles. The lowest BCUT2D eigenvalue weighted by atomic mass is 10.0. The fourth-order valence-electron chi connectivity index (χ4n) is 2.04. The van der Waals surface area contributed by atoms with Crippen molar-refractivity contribution < 1.29 is 0 Å². The lowest BCUT2D eigenvalue weighted by Gasteiger charge is -2.14. The van der Waals surface area contributed by atoms with Crippen molar-refractivity contribution in [3.8, 4) is 0 Å². The number of nitrogens with one attached hydrogen (secondary N) is 1. The molecule has 1 aromatic heterocycles. The maximum atomic E-state index is 4.15. The van der Waals surface area contributed by atoms with Gasteiger partial charge in [0.25, 0.3) is 0 Å². The van der Waals surface area contributed by atoms with Gasteiger partial charge in [-0.2, -0.15) is 0 Å². The molecule has 0 fully saturated rings. The van der Waals surface area contributed by atoms with E-state index in [0.29, 0.717) is 12.0 Å². The zero-order valence-electron chi connectivity index (χ0n) is 11.9. The first-order chi connectivity index (χ1) is 9.16. The first-order valence-corrected chi connectivity index (χ1v) is 6.89. The quantitative estimate of drug-likeness (QED) is 0.870. The summed E-state index contributed by atoms with van der Waals surface area (Å²) < 4.78 is 0. The third-order valence-corrected chi connectivity index (χ3v) is 3.44. The molecule has 0 saturated heterocycles. The summed E-state index contributed by atoms with van der Waals surface area (Å²) in [4.78, 5) is 4.15. The van der Waals surface area contributed by atoms with Crippen LogP contribution < -0.4 is 5.32 Å². The molecule has 0 radical (unpaired) electrons. The summed E-state index contributed by atoms with van der Waals surface area (Å²) in [6.07, 6.45) is 3.72. The molecule has 0 aliphatic heterocycles. The fourth-order valence-corrected chi connectivity index (χ4v) is 2.04. The van der Waals surface area contributed by atoms with Crippen LogP contribution in [-0.2, 0) is 6.54 Å². The van der Waals surface area contributed by atoms with Crippen LogP contribution in [0.15, 0.2) is 48.8 Å². The number of hydrogen-bond donors (Lipinski definition) is 1. The molecule has 2 nitrogen and oxygen atoms in total.